The summed E-state index contributed by atoms with van der Waals surface area (Å²) in [6.07, 6.45) is 5.44. The zero-order valence-electron chi connectivity index (χ0n) is 22.9. The number of hydrogen-bond donors (Lipinski definition) is 1. The number of anilines is 1. The molecule has 0 saturated heterocycles. The van der Waals surface area contributed by atoms with E-state index in [1.165, 1.54) is 18.8 Å². The molecule has 0 spiro atoms. The van der Waals surface area contributed by atoms with Crippen molar-refractivity contribution in [3.8, 4) is 34.6 Å². The van der Waals surface area contributed by atoms with Crippen molar-refractivity contribution in [2.45, 2.75) is 50.9 Å². The lowest BCUT2D eigenvalue weighted by Gasteiger charge is -2.21. The van der Waals surface area contributed by atoms with Crippen LogP contribution in [0.3, 0.4) is 0 Å². The maximum absolute atomic E-state index is 13.7. The molecule has 1 N–H and O–H groups in total. The number of aromatic nitrogens is 6. The molecule has 40 heavy (non-hydrogen) atoms. The number of pyridine rings is 1. The number of nitrogens with zero attached hydrogens (tertiary/aromatic N) is 6. The van der Waals surface area contributed by atoms with E-state index < -0.39 is 21.2 Å². The van der Waals surface area contributed by atoms with Gasteiger partial charge in [-0.1, -0.05) is 19.1 Å². The number of para-hydroxylation sites is 1. The number of methoxy groups -OCH3 is 2. The van der Waals surface area contributed by atoms with Crippen molar-refractivity contribution in [1.29, 1.82) is 0 Å². The lowest BCUT2D eigenvalue weighted by molar-refractivity contribution is 0.291. The fourth-order valence-electron chi connectivity index (χ4n) is 4.08. The molecule has 210 valence electrons. The van der Waals surface area contributed by atoms with E-state index in [0.717, 1.165) is 18.4 Å². The molecular formula is C27H31N7O5S. The van der Waals surface area contributed by atoms with Crippen LogP contribution < -0.4 is 18.9 Å². The number of aryl methyl sites for hydroxylation is 1. The molecule has 5 rings (SSSR count). The second-order valence-electron chi connectivity index (χ2n) is 9.63. The Hall–Kier alpha value is -4.26. The average Bonchev–Trinajstić information content (AvgIpc) is 3.69. The Labute approximate surface area is 232 Å². The molecule has 3 aromatic heterocycles. The Morgan fingerprint density at radius 1 is 0.975 bits per heavy atom. The molecule has 12 nitrogen and oxygen atoms in total. The van der Waals surface area contributed by atoms with Crippen LogP contribution in [-0.2, 0) is 10.0 Å². The molecule has 1 saturated carbocycles. The Kier molecular flexibility index (Phi) is 7.57. The van der Waals surface area contributed by atoms with Gasteiger partial charge in [-0.05, 0) is 50.5 Å². The van der Waals surface area contributed by atoms with Crippen LogP contribution in [0.15, 0.2) is 48.8 Å². The van der Waals surface area contributed by atoms with Crippen molar-refractivity contribution in [2.75, 3.05) is 18.9 Å². The van der Waals surface area contributed by atoms with E-state index in [9.17, 15) is 8.42 Å². The zero-order valence-corrected chi connectivity index (χ0v) is 23.7. The standard InChI is InChI=1S/C27H31N7O5S/c1-16-14-28-25(29-15-16)17(2)18(3)40(35,36)33-27-32-31-26(20-8-6-11-23(30-20)39-19-12-13-19)34(27)24-21(37-4)9-7-10-22(24)38-5/h6-11,14-15,17-19H,12-13H2,1-5H3,(H,32,33)/t17-,18-/m0/s1. The van der Waals surface area contributed by atoms with Crippen LogP contribution in [0.4, 0.5) is 5.95 Å². The number of rotatable bonds is 11. The van der Waals surface area contributed by atoms with E-state index in [4.69, 9.17) is 14.2 Å². The Morgan fingerprint density at radius 3 is 2.25 bits per heavy atom. The van der Waals surface area contributed by atoms with Gasteiger partial charge in [-0.2, -0.15) is 0 Å². The number of nitrogens with one attached hydrogen (secondary N) is 1. The van der Waals surface area contributed by atoms with E-state index in [1.54, 1.807) is 62.6 Å². The molecule has 0 bridgehead atoms. The van der Waals surface area contributed by atoms with Crippen LogP contribution in [0.2, 0.25) is 0 Å². The number of sulfonamides is 1. The third-order valence-electron chi connectivity index (χ3n) is 6.69. The van der Waals surface area contributed by atoms with Gasteiger partial charge in [0.2, 0.25) is 21.9 Å². The minimum atomic E-state index is -4.01. The predicted octanol–water partition coefficient (Wildman–Crippen LogP) is 3.92. The lowest BCUT2D eigenvalue weighted by Crippen LogP contribution is -2.31. The third kappa shape index (κ3) is 5.55. The van der Waals surface area contributed by atoms with E-state index in [2.05, 4.69) is 29.9 Å². The Balaban J connectivity index is 1.59. The van der Waals surface area contributed by atoms with E-state index in [0.29, 0.717) is 34.6 Å². The second kappa shape index (κ2) is 11.1. The molecule has 13 heteroatoms. The highest BCUT2D eigenvalue weighted by Crippen LogP contribution is 2.38. The molecule has 1 aliphatic rings. The second-order valence-corrected chi connectivity index (χ2v) is 11.7. The van der Waals surface area contributed by atoms with E-state index in [1.807, 2.05) is 6.92 Å². The van der Waals surface area contributed by atoms with Gasteiger partial charge in [0.05, 0.1) is 19.5 Å². The molecule has 1 aromatic carbocycles. The molecule has 2 atom stereocenters. The van der Waals surface area contributed by atoms with Gasteiger partial charge in [0.25, 0.3) is 0 Å². The van der Waals surface area contributed by atoms with Crippen molar-refractivity contribution >= 4 is 16.0 Å². The van der Waals surface area contributed by atoms with Crippen molar-refractivity contribution < 1.29 is 22.6 Å². The summed E-state index contributed by atoms with van der Waals surface area (Å²) >= 11 is 0. The molecule has 0 radical (unpaired) electrons. The van der Waals surface area contributed by atoms with Gasteiger partial charge >= 0.3 is 0 Å². The van der Waals surface area contributed by atoms with Crippen LogP contribution in [0.5, 0.6) is 17.4 Å². The van der Waals surface area contributed by atoms with Gasteiger partial charge < -0.3 is 14.2 Å². The predicted molar refractivity (Wildman–Crippen MR) is 149 cm³/mol. The topological polar surface area (TPSA) is 143 Å². The highest BCUT2D eigenvalue weighted by atomic mass is 32.2. The first-order chi connectivity index (χ1) is 19.2. The SMILES string of the molecule is COc1cccc(OC)c1-n1c(NS(=O)(=O)[C@@H](C)[C@H](C)c2ncc(C)cn2)nnc1-c1cccc(OC2CC2)n1. The number of ether oxygens (including phenoxy) is 3. The molecule has 1 aliphatic carbocycles. The lowest BCUT2D eigenvalue weighted by atomic mass is 10.1. The number of hydrogen-bond acceptors (Lipinski definition) is 10. The maximum Gasteiger partial charge on any atom is 0.243 e. The Bertz CT molecular complexity index is 1580. The zero-order chi connectivity index (χ0) is 28.4. The first kappa shape index (κ1) is 27.3. The number of benzene rings is 1. The summed E-state index contributed by atoms with van der Waals surface area (Å²) in [5.41, 5.74) is 1.72. The molecular weight excluding hydrogens is 534 g/mol. The summed E-state index contributed by atoms with van der Waals surface area (Å²) in [5.74, 6) is 1.41. The van der Waals surface area contributed by atoms with Gasteiger partial charge in [-0.3, -0.25) is 9.29 Å². The van der Waals surface area contributed by atoms with Crippen LogP contribution in [0, 0.1) is 6.92 Å². The van der Waals surface area contributed by atoms with Gasteiger partial charge in [0.1, 0.15) is 34.8 Å². The highest BCUT2D eigenvalue weighted by Gasteiger charge is 2.33. The molecule has 0 amide bonds. The summed E-state index contributed by atoms with van der Waals surface area (Å²) in [6.45, 7) is 5.24. The molecule has 1 fully saturated rings. The smallest absolute Gasteiger partial charge is 0.243 e. The molecule has 0 unspecified atom stereocenters. The van der Waals surface area contributed by atoms with Crippen LogP contribution in [0.1, 0.15) is 44.0 Å². The summed E-state index contributed by atoms with van der Waals surface area (Å²) in [7, 11) is -0.978. The van der Waals surface area contributed by atoms with Gasteiger partial charge in [0.15, 0.2) is 5.82 Å². The van der Waals surface area contributed by atoms with E-state index >= 15 is 0 Å². The van der Waals surface area contributed by atoms with Crippen LogP contribution >= 0.6 is 0 Å². The quantitative estimate of drug-likeness (QED) is 0.284. The summed E-state index contributed by atoms with van der Waals surface area (Å²) < 4.78 is 48.6. The third-order valence-corrected chi connectivity index (χ3v) is 8.54. The fraction of sp³-hybridized carbons (Fsp3) is 0.370. The van der Waals surface area contributed by atoms with E-state index in [-0.39, 0.29) is 17.9 Å². The molecule has 3 heterocycles. The normalized spacial score (nSPS) is 14.8. The van der Waals surface area contributed by atoms with Gasteiger partial charge in [-0.25, -0.2) is 23.4 Å². The fourth-order valence-corrected chi connectivity index (χ4v) is 5.31. The van der Waals surface area contributed by atoms with Crippen LogP contribution in [-0.4, -0.2) is 63.7 Å². The highest BCUT2D eigenvalue weighted by molar-refractivity contribution is 7.93. The first-order valence-corrected chi connectivity index (χ1v) is 14.4. The van der Waals surface area contributed by atoms with Crippen molar-refractivity contribution in [3.05, 3.63) is 60.2 Å². The molecule has 4 aromatic rings. The largest absolute Gasteiger partial charge is 0.494 e. The maximum atomic E-state index is 13.7. The molecule has 0 aliphatic heterocycles. The summed E-state index contributed by atoms with van der Waals surface area (Å²) in [5, 5.41) is 7.67. The monoisotopic (exact) mass is 565 g/mol. The van der Waals surface area contributed by atoms with Crippen molar-refractivity contribution in [2.24, 2.45) is 0 Å². The minimum absolute atomic E-state index is 0.0583. The summed E-state index contributed by atoms with van der Waals surface area (Å²) in [4.78, 5) is 13.3. The van der Waals surface area contributed by atoms with Gasteiger partial charge in [-0.15, -0.1) is 10.2 Å². The first-order valence-electron chi connectivity index (χ1n) is 12.8. The summed E-state index contributed by atoms with van der Waals surface area (Å²) in [6, 6.07) is 10.6. The van der Waals surface area contributed by atoms with Gasteiger partial charge in [0, 0.05) is 24.4 Å². The van der Waals surface area contributed by atoms with Crippen LogP contribution in [0.25, 0.3) is 17.2 Å². The minimum Gasteiger partial charge on any atom is -0.494 e. The van der Waals surface area contributed by atoms with Crippen molar-refractivity contribution in [3.63, 3.8) is 0 Å². The van der Waals surface area contributed by atoms with Crippen molar-refractivity contribution in [1.82, 2.24) is 29.7 Å². The average molecular weight is 566 g/mol. The Morgan fingerprint density at radius 2 is 1.62 bits per heavy atom.